The molecule has 130 valence electrons. The van der Waals surface area contributed by atoms with Gasteiger partial charge in [0.15, 0.2) is 9.84 Å². The minimum atomic E-state index is -3.29. The Balaban J connectivity index is 2.06. The number of methoxy groups -OCH3 is 1. The Morgan fingerprint density at radius 3 is 2.40 bits per heavy atom. The molecule has 0 spiro atoms. The van der Waals surface area contributed by atoms with Crippen molar-refractivity contribution < 1.29 is 17.9 Å². The zero-order valence-corrected chi connectivity index (χ0v) is 14.9. The maximum absolute atomic E-state index is 13.2. The number of carbonyl (C=O) groups is 1. The minimum Gasteiger partial charge on any atom is -0.496 e. The number of ether oxygens (including phenoxy) is 1. The van der Waals surface area contributed by atoms with Crippen LogP contribution in [0.2, 0.25) is 0 Å². The summed E-state index contributed by atoms with van der Waals surface area (Å²) < 4.78 is 29.0. The van der Waals surface area contributed by atoms with Crippen LogP contribution in [0.25, 0.3) is 0 Å². The Bertz CT molecular complexity index is 917. The van der Waals surface area contributed by atoms with E-state index in [4.69, 9.17) is 4.74 Å². The van der Waals surface area contributed by atoms with Gasteiger partial charge >= 0.3 is 0 Å². The van der Waals surface area contributed by atoms with Crippen LogP contribution in [0.15, 0.2) is 60.0 Å². The van der Waals surface area contributed by atoms with Crippen LogP contribution < -0.4 is 9.64 Å². The van der Waals surface area contributed by atoms with Crippen LogP contribution in [0.1, 0.15) is 15.9 Å². The van der Waals surface area contributed by atoms with Gasteiger partial charge in [-0.25, -0.2) is 8.42 Å². The standard InChI is InChI=1S/C19H19NO4S/c1-14-7-9-15(10-8-14)20(16-11-12-25(22,23)13-16)19(21)17-5-3-4-6-18(17)24-2/h3-12,16H,13H2,1-2H3/t16-/m0/s1. The van der Waals surface area contributed by atoms with E-state index in [1.807, 2.05) is 31.2 Å². The molecule has 1 atom stereocenters. The molecule has 0 aromatic heterocycles. The number of amides is 1. The van der Waals surface area contributed by atoms with E-state index in [9.17, 15) is 13.2 Å². The van der Waals surface area contributed by atoms with Crippen molar-refractivity contribution in [1.82, 2.24) is 0 Å². The maximum Gasteiger partial charge on any atom is 0.262 e. The number of hydrogen-bond donors (Lipinski definition) is 0. The van der Waals surface area contributed by atoms with Crippen LogP contribution in [0.3, 0.4) is 0 Å². The van der Waals surface area contributed by atoms with Gasteiger partial charge in [0.1, 0.15) is 5.75 Å². The van der Waals surface area contributed by atoms with E-state index >= 15 is 0 Å². The highest BCUT2D eigenvalue weighted by molar-refractivity contribution is 7.94. The van der Waals surface area contributed by atoms with Crippen molar-refractivity contribution in [1.29, 1.82) is 0 Å². The number of carbonyl (C=O) groups excluding carboxylic acids is 1. The zero-order valence-electron chi connectivity index (χ0n) is 14.0. The van der Waals surface area contributed by atoms with Crippen LogP contribution in [0, 0.1) is 6.92 Å². The lowest BCUT2D eigenvalue weighted by Crippen LogP contribution is -2.41. The molecule has 1 aliphatic heterocycles. The second kappa shape index (κ2) is 6.72. The third-order valence-corrected chi connectivity index (χ3v) is 5.49. The summed E-state index contributed by atoms with van der Waals surface area (Å²) in [6.07, 6.45) is 1.56. The van der Waals surface area contributed by atoms with Crippen molar-refractivity contribution in [2.24, 2.45) is 0 Å². The van der Waals surface area contributed by atoms with E-state index in [2.05, 4.69) is 0 Å². The number of sulfone groups is 1. The first-order valence-electron chi connectivity index (χ1n) is 7.85. The Hall–Kier alpha value is -2.60. The van der Waals surface area contributed by atoms with Crippen molar-refractivity contribution in [3.63, 3.8) is 0 Å². The quantitative estimate of drug-likeness (QED) is 0.844. The van der Waals surface area contributed by atoms with E-state index in [1.54, 1.807) is 30.3 Å². The molecular weight excluding hydrogens is 338 g/mol. The van der Waals surface area contributed by atoms with E-state index in [1.165, 1.54) is 17.4 Å². The second-order valence-electron chi connectivity index (χ2n) is 5.94. The van der Waals surface area contributed by atoms with E-state index in [-0.39, 0.29) is 11.7 Å². The van der Waals surface area contributed by atoms with E-state index in [0.717, 1.165) is 5.56 Å². The summed E-state index contributed by atoms with van der Waals surface area (Å²) >= 11 is 0. The van der Waals surface area contributed by atoms with Gasteiger partial charge in [0.2, 0.25) is 0 Å². The molecule has 0 N–H and O–H groups in total. The van der Waals surface area contributed by atoms with Crippen LogP contribution in [0.4, 0.5) is 5.69 Å². The van der Waals surface area contributed by atoms with Gasteiger partial charge in [-0.2, -0.15) is 0 Å². The zero-order chi connectivity index (χ0) is 18.0. The Labute approximate surface area is 147 Å². The maximum atomic E-state index is 13.2. The predicted molar refractivity (Wildman–Crippen MR) is 97.7 cm³/mol. The molecule has 0 saturated heterocycles. The molecule has 0 aliphatic carbocycles. The lowest BCUT2D eigenvalue weighted by molar-refractivity contribution is 0.0980. The molecule has 0 radical (unpaired) electrons. The average molecular weight is 357 g/mol. The number of benzene rings is 2. The van der Waals surface area contributed by atoms with E-state index < -0.39 is 15.9 Å². The Kier molecular flexibility index (Phi) is 4.63. The first-order valence-corrected chi connectivity index (χ1v) is 9.57. The van der Waals surface area contributed by atoms with Gasteiger partial charge in [-0.05, 0) is 37.3 Å². The van der Waals surface area contributed by atoms with E-state index in [0.29, 0.717) is 17.0 Å². The lowest BCUT2D eigenvalue weighted by Gasteiger charge is -2.28. The fraction of sp³-hybridized carbons (Fsp3) is 0.211. The molecule has 0 saturated carbocycles. The minimum absolute atomic E-state index is 0.123. The van der Waals surface area contributed by atoms with Crippen molar-refractivity contribution in [2.75, 3.05) is 17.8 Å². The molecule has 3 rings (SSSR count). The van der Waals surface area contributed by atoms with Crippen LogP contribution in [0.5, 0.6) is 5.75 Å². The summed E-state index contributed by atoms with van der Waals surface area (Å²) in [6, 6.07) is 13.8. The molecule has 0 bridgehead atoms. The number of aryl methyl sites for hydroxylation is 1. The van der Waals surface area contributed by atoms with Crippen molar-refractivity contribution in [3.05, 3.63) is 71.1 Å². The molecule has 2 aromatic rings. The number of anilines is 1. The third-order valence-electron chi connectivity index (χ3n) is 4.11. The predicted octanol–water partition coefficient (Wildman–Crippen LogP) is 2.96. The normalized spacial score (nSPS) is 18.1. The number of nitrogens with zero attached hydrogens (tertiary/aromatic N) is 1. The van der Waals surface area contributed by atoms with Crippen molar-refractivity contribution in [3.8, 4) is 5.75 Å². The van der Waals surface area contributed by atoms with Gasteiger partial charge in [-0.15, -0.1) is 0 Å². The second-order valence-corrected chi connectivity index (χ2v) is 7.87. The molecule has 0 unspecified atom stereocenters. The fourth-order valence-corrected chi connectivity index (χ4v) is 4.10. The fourth-order valence-electron chi connectivity index (χ4n) is 2.84. The van der Waals surface area contributed by atoms with Crippen LogP contribution >= 0.6 is 0 Å². The SMILES string of the molecule is COc1ccccc1C(=O)N(c1ccc(C)cc1)[C@H]1C=CS(=O)(=O)C1. The van der Waals surface area contributed by atoms with Gasteiger partial charge in [-0.1, -0.05) is 29.8 Å². The van der Waals surface area contributed by atoms with Crippen molar-refractivity contribution in [2.45, 2.75) is 13.0 Å². The van der Waals surface area contributed by atoms with Gasteiger partial charge in [-0.3, -0.25) is 4.79 Å². The number of hydrogen-bond acceptors (Lipinski definition) is 4. The average Bonchev–Trinajstić information content (AvgIpc) is 2.96. The Morgan fingerprint density at radius 2 is 1.80 bits per heavy atom. The first-order chi connectivity index (χ1) is 11.9. The first kappa shape index (κ1) is 17.2. The molecule has 5 nitrogen and oxygen atoms in total. The molecule has 1 heterocycles. The number of para-hydroxylation sites is 1. The van der Waals surface area contributed by atoms with Crippen LogP contribution in [-0.2, 0) is 9.84 Å². The highest BCUT2D eigenvalue weighted by Crippen LogP contribution is 2.28. The summed E-state index contributed by atoms with van der Waals surface area (Å²) in [7, 11) is -1.79. The highest BCUT2D eigenvalue weighted by Gasteiger charge is 2.32. The summed E-state index contributed by atoms with van der Waals surface area (Å²) in [5.41, 5.74) is 2.10. The molecule has 2 aromatic carbocycles. The highest BCUT2D eigenvalue weighted by atomic mass is 32.2. The summed E-state index contributed by atoms with van der Waals surface area (Å²) in [5.74, 6) is 0.0318. The molecule has 6 heteroatoms. The number of rotatable bonds is 4. The largest absolute Gasteiger partial charge is 0.496 e. The summed E-state index contributed by atoms with van der Waals surface area (Å²) in [6.45, 7) is 1.95. The van der Waals surface area contributed by atoms with Gasteiger partial charge in [0, 0.05) is 11.1 Å². The molecular formula is C19H19NO4S. The smallest absolute Gasteiger partial charge is 0.262 e. The van der Waals surface area contributed by atoms with Gasteiger partial charge < -0.3 is 9.64 Å². The molecule has 25 heavy (non-hydrogen) atoms. The van der Waals surface area contributed by atoms with Crippen LogP contribution in [-0.4, -0.2) is 33.2 Å². The molecule has 1 aliphatic rings. The molecule has 1 amide bonds. The van der Waals surface area contributed by atoms with Gasteiger partial charge in [0.25, 0.3) is 5.91 Å². The van der Waals surface area contributed by atoms with Gasteiger partial charge in [0.05, 0.1) is 24.5 Å². The monoisotopic (exact) mass is 357 g/mol. The summed E-state index contributed by atoms with van der Waals surface area (Å²) in [5, 5.41) is 1.17. The summed E-state index contributed by atoms with van der Waals surface area (Å²) in [4.78, 5) is 14.7. The third kappa shape index (κ3) is 3.58. The van der Waals surface area contributed by atoms with Crippen molar-refractivity contribution >= 4 is 21.4 Å². The topological polar surface area (TPSA) is 63.7 Å². The molecule has 0 fully saturated rings. The Morgan fingerprint density at radius 1 is 1.12 bits per heavy atom. The lowest BCUT2D eigenvalue weighted by atomic mass is 10.1.